The lowest BCUT2D eigenvalue weighted by molar-refractivity contribution is 1.01. The third-order valence-electron chi connectivity index (χ3n) is 2.45. The predicted octanol–water partition coefficient (Wildman–Crippen LogP) is 2.92. The molecule has 0 aliphatic heterocycles. The van der Waals surface area contributed by atoms with Gasteiger partial charge in [0.2, 0.25) is 0 Å². The lowest BCUT2D eigenvalue weighted by Gasteiger charge is -1.98. The molecule has 0 bridgehead atoms. The van der Waals surface area contributed by atoms with E-state index in [-0.39, 0.29) is 0 Å². The zero-order valence-corrected chi connectivity index (χ0v) is 10.4. The number of aryl methyl sites for hydroxylation is 1. The summed E-state index contributed by atoms with van der Waals surface area (Å²) in [5.41, 5.74) is 3.38. The summed E-state index contributed by atoms with van der Waals surface area (Å²) in [5.74, 6) is 0.428. The van der Waals surface area contributed by atoms with Crippen LogP contribution in [0.2, 0.25) is 0 Å². The second-order valence-corrected chi connectivity index (χ2v) is 4.69. The maximum atomic E-state index is 8.53. The molecule has 0 spiro atoms. The minimum absolute atomic E-state index is 0.428. The van der Waals surface area contributed by atoms with Gasteiger partial charge in [0.1, 0.15) is 0 Å². The average molecular weight is 243 g/mol. The highest BCUT2D eigenvalue weighted by atomic mass is 32.2. The van der Waals surface area contributed by atoms with E-state index in [0.717, 1.165) is 23.0 Å². The van der Waals surface area contributed by atoms with Gasteiger partial charge in [-0.3, -0.25) is 0 Å². The Kier molecular flexibility index (Phi) is 3.84. The number of nitrogens with zero attached hydrogens (tertiary/aromatic N) is 2. The number of H-pyrrole nitrogens is 1. The van der Waals surface area contributed by atoms with Crippen molar-refractivity contribution in [2.45, 2.75) is 18.5 Å². The highest BCUT2D eigenvalue weighted by molar-refractivity contribution is 7.99. The number of rotatable bonds is 4. The van der Waals surface area contributed by atoms with Crippen LogP contribution in [0.4, 0.5) is 0 Å². The van der Waals surface area contributed by atoms with Crippen LogP contribution in [0.25, 0.3) is 0 Å². The first-order valence-electron chi connectivity index (χ1n) is 5.38. The molecule has 0 aliphatic rings. The standard InChI is InChI=1S/C13H13N3S/c1-10-12(9-11-5-3-2-4-6-11)16-13(15-10)17-8-7-14/h2-6H,8-9H2,1H3,(H,15,16). The minimum atomic E-state index is 0.428. The van der Waals surface area contributed by atoms with E-state index >= 15 is 0 Å². The van der Waals surface area contributed by atoms with Gasteiger partial charge in [-0.05, 0) is 12.5 Å². The first-order valence-corrected chi connectivity index (χ1v) is 6.37. The molecule has 17 heavy (non-hydrogen) atoms. The third kappa shape index (κ3) is 3.11. The first-order chi connectivity index (χ1) is 8.29. The number of aromatic nitrogens is 2. The number of hydrogen-bond acceptors (Lipinski definition) is 3. The van der Waals surface area contributed by atoms with Gasteiger partial charge in [0.25, 0.3) is 0 Å². The minimum Gasteiger partial charge on any atom is -0.337 e. The van der Waals surface area contributed by atoms with E-state index in [1.807, 2.05) is 25.1 Å². The van der Waals surface area contributed by atoms with Gasteiger partial charge in [-0.15, -0.1) is 0 Å². The predicted molar refractivity (Wildman–Crippen MR) is 68.9 cm³/mol. The van der Waals surface area contributed by atoms with Gasteiger partial charge in [-0.1, -0.05) is 42.1 Å². The highest BCUT2D eigenvalue weighted by Gasteiger charge is 2.07. The lowest BCUT2D eigenvalue weighted by Crippen LogP contribution is -1.90. The maximum absolute atomic E-state index is 8.53. The summed E-state index contributed by atoms with van der Waals surface area (Å²) in [6.07, 6.45) is 0.830. The van der Waals surface area contributed by atoms with Crippen molar-refractivity contribution in [3.05, 3.63) is 47.3 Å². The molecule has 0 amide bonds. The molecule has 0 radical (unpaired) electrons. The molecule has 3 nitrogen and oxygen atoms in total. The summed E-state index contributed by atoms with van der Waals surface area (Å²) < 4.78 is 0. The first kappa shape index (κ1) is 11.7. The van der Waals surface area contributed by atoms with E-state index in [4.69, 9.17) is 5.26 Å². The van der Waals surface area contributed by atoms with E-state index in [2.05, 4.69) is 28.2 Å². The zero-order chi connectivity index (χ0) is 12.1. The van der Waals surface area contributed by atoms with Crippen LogP contribution >= 0.6 is 11.8 Å². The van der Waals surface area contributed by atoms with Crippen LogP contribution in [0.3, 0.4) is 0 Å². The van der Waals surface area contributed by atoms with E-state index in [9.17, 15) is 0 Å². The molecule has 0 aliphatic carbocycles. The van der Waals surface area contributed by atoms with E-state index in [1.165, 1.54) is 17.3 Å². The Hall–Kier alpha value is -1.73. The summed E-state index contributed by atoms with van der Waals surface area (Å²) in [5, 5.41) is 9.36. The van der Waals surface area contributed by atoms with Crippen molar-refractivity contribution in [2.75, 3.05) is 5.75 Å². The number of imidazole rings is 1. The Morgan fingerprint density at radius 3 is 2.82 bits per heavy atom. The van der Waals surface area contributed by atoms with Crippen molar-refractivity contribution in [3.8, 4) is 6.07 Å². The average Bonchev–Trinajstić information content (AvgIpc) is 2.69. The number of benzene rings is 1. The van der Waals surface area contributed by atoms with Crippen LogP contribution in [0.1, 0.15) is 17.0 Å². The van der Waals surface area contributed by atoms with Crippen molar-refractivity contribution in [1.82, 2.24) is 9.97 Å². The molecular weight excluding hydrogens is 230 g/mol. The smallest absolute Gasteiger partial charge is 0.166 e. The molecule has 0 atom stereocenters. The lowest BCUT2D eigenvalue weighted by atomic mass is 10.1. The Morgan fingerprint density at radius 2 is 2.12 bits per heavy atom. The van der Waals surface area contributed by atoms with Crippen LogP contribution in [0.5, 0.6) is 0 Å². The fraction of sp³-hybridized carbons (Fsp3) is 0.231. The number of hydrogen-bond donors (Lipinski definition) is 1. The summed E-state index contributed by atoms with van der Waals surface area (Å²) in [4.78, 5) is 7.70. The fourth-order valence-corrected chi connectivity index (χ4v) is 2.20. The Balaban J connectivity index is 2.11. The topological polar surface area (TPSA) is 52.5 Å². The zero-order valence-electron chi connectivity index (χ0n) is 9.60. The largest absolute Gasteiger partial charge is 0.337 e. The Morgan fingerprint density at radius 1 is 1.35 bits per heavy atom. The van der Waals surface area contributed by atoms with Crippen molar-refractivity contribution in [1.29, 1.82) is 5.26 Å². The van der Waals surface area contributed by atoms with Gasteiger partial charge in [0, 0.05) is 12.1 Å². The monoisotopic (exact) mass is 243 g/mol. The fourth-order valence-electron chi connectivity index (χ4n) is 1.60. The van der Waals surface area contributed by atoms with Crippen LogP contribution in [-0.2, 0) is 6.42 Å². The molecule has 2 rings (SSSR count). The van der Waals surface area contributed by atoms with Gasteiger partial charge in [-0.2, -0.15) is 5.26 Å². The molecule has 1 heterocycles. The van der Waals surface area contributed by atoms with Crippen LogP contribution in [0.15, 0.2) is 35.5 Å². The molecule has 1 aromatic heterocycles. The highest BCUT2D eigenvalue weighted by Crippen LogP contribution is 2.18. The number of thioether (sulfide) groups is 1. The van der Waals surface area contributed by atoms with E-state index in [0.29, 0.717) is 5.75 Å². The number of nitriles is 1. The molecule has 1 aromatic carbocycles. The summed E-state index contributed by atoms with van der Waals surface area (Å²) >= 11 is 1.44. The normalized spacial score (nSPS) is 10.1. The van der Waals surface area contributed by atoms with Crippen LogP contribution < -0.4 is 0 Å². The maximum Gasteiger partial charge on any atom is 0.166 e. The van der Waals surface area contributed by atoms with Crippen LogP contribution in [-0.4, -0.2) is 15.7 Å². The van der Waals surface area contributed by atoms with Crippen molar-refractivity contribution in [2.24, 2.45) is 0 Å². The molecule has 0 fully saturated rings. The van der Waals surface area contributed by atoms with Crippen LogP contribution in [0, 0.1) is 18.3 Å². The molecule has 0 saturated heterocycles. The van der Waals surface area contributed by atoms with Crippen molar-refractivity contribution in [3.63, 3.8) is 0 Å². The summed E-state index contributed by atoms with van der Waals surface area (Å²) in [7, 11) is 0. The van der Waals surface area contributed by atoms with Gasteiger partial charge in [0.05, 0.1) is 17.5 Å². The Bertz CT molecular complexity index is 525. The molecule has 0 saturated carbocycles. The molecular formula is C13H13N3S. The van der Waals surface area contributed by atoms with E-state index < -0.39 is 0 Å². The van der Waals surface area contributed by atoms with Gasteiger partial charge >= 0.3 is 0 Å². The van der Waals surface area contributed by atoms with E-state index in [1.54, 1.807) is 0 Å². The van der Waals surface area contributed by atoms with Gasteiger partial charge < -0.3 is 4.98 Å². The molecule has 1 N–H and O–H groups in total. The number of aromatic amines is 1. The van der Waals surface area contributed by atoms with Gasteiger partial charge in [-0.25, -0.2) is 4.98 Å². The van der Waals surface area contributed by atoms with Gasteiger partial charge in [0.15, 0.2) is 5.16 Å². The molecule has 0 unspecified atom stereocenters. The number of nitrogens with one attached hydrogen (secondary N) is 1. The second kappa shape index (κ2) is 5.55. The molecule has 4 heteroatoms. The third-order valence-corrected chi connectivity index (χ3v) is 3.19. The SMILES string of the molecule is Cc1[nH]c(SCC#N)nc1Cc1ccccc1. The summed E-state index contributed by atoms with van der Waals surface area (Å²) in [6, 6.07) is 12.4. The molecule has 86 valence electrons. The second-order valence-electron chi connectivity index (χ2n) is 3.72. The summed E-state index contributed by atoms with van der Waals surface area (Å²) in [6.45, 7) is 2.02. The Labute approximate surface area is 105 Å². The van der Waals surface area contributed by atoms with Crippen molar-refractivity contribution >= 4 is 11.8 Å². The molecule has 2 aromatic rings. The quantitative estimate of drug-likeness (QED) is 0.840. The van der Waals surface area contributed by atoms with Crippen molar-refractivity contribution < 1.29 is 0 Å².